The highest BCUT2D eigenvalue weighted by molar-refractivity contribution is 8.01. The largest absolute Gasteiger partial charge is 0.477 e. The molecule has 0 spiro atoms. The summed E-state index contributed by atoms with van der Waals surface area (Å²) in [6.07, 6.45) is 3.11. The van der Waals surface area contributed by atoms with Crippen LogP contribution in [0.15, 0.2) is 45.6 Å². The first-order valence-corrected chi connectivity index (χ1v) is 12.7. The minimum absolute atomic E-state index is 0.0707. The number of rotatable bonds is 9. The van der Waals surface area contributed by atoms with Gasteiger partial charge < -0.3 is 19.7 Å². The molecule has 0 radical (unpaired) electrons. The molecule has 11 nitrogen and oxygen atoms in total. The Labute approximate surface area is 200 Å². The van der Waals surface area contributed by atoms with Crippen LogP contribution in [0.4, 0.5) is 0 Å². The number of carbonyl (C=O) groups excluding carboxylic acids is 3. The summed E-state index contributed by atoms with van der Waals surface area (Å²) in [5.74, 6) is -2.44. The third kappa shape index (κ3) is 4.63. The van der Waals surface area contributed by atoms with E-state index in [-0.39, 0.29) is 12.3 Å². The number of ether oxygens (including phenoxy) is 1. The van der Waals surface area contributed by atoms with Crippen molar-refractivity contribution in [2.24, 2.45) is 0 Å². The van der Waals surface area contributed by atoms with Gasteiger partial charge in [0.1, 0.15) is 22.6 Å². The number of nitrogens with one attached hydrogen (secondary N) is 1. The number of nitrogens with zero attached hydrogens (tertiary/aromatic N) is 4. The van der Waals surface area contributed by atoms with Crippen molar-refractivity contribution in [3.8, 4) is 0 Å². The second kappa shape index (κ2) is 9.97. The number of hydrogen-bond donors (Lipinski definition) is 2. The lowest BCUT2D eigenvalue weighted by Crippen LogP contribution is -2.71. The van der Waals surface area contributed by atoms with Crippen LogP contribution in [0.25, 0.3) is 0 Å². The van der Waals surface area contributed by atoms with Gasteiger partial charge in [0.05, 0.1) is 6.61 Å². The SMILES string of the molecule is CCOC(=O)C(C(=O)NC1C(=O)N2C(C(=O)O)=C(CSc3nncs3)CSC12)n1cccc1. The molecule has 2 N–H and O–H groups in total. The summed E-state index contributed by atoms with van der Waals surface area (Å²) in [5, 5.41) is 19.5. The molecular weight excluding hydrogens is 490 g/mol. The zero-order chi connectivity index (χ0) is 23.5. The fraction of sp³-hybridized carbons (Fsp3) is 0.368. The molecule has 4 heterocycles. The van der Waals surface area contributed by atoms with E-state index in [1.54, 1.807) is 37.0 Å². The number of carboxylic acid groups (broad SMARTS) is 1. The van der Waals surface area contributed by atoms with E-state index in [9.17, 15) is 24.3 Å². The first kappa shape index (κ1) is 23.3. The zero-order valence-corrected chi connectivity index (χ0v) is 19.7. The van der Waals surface area contributed by atoms with Crippen LogP contribution in [0.2, 0.25) is 0 Å². The number of aliphatic carboxylic acids is 1. The van der Waals surface area contributed by atoms with Gasteiger partial charge in [-0.1, -0.05) is 23.1 Å². The Morgan fingerprint density at radius 2 is 2.12 bits per heavy atom. The Kier molecular flexibility index (Phi) is 7.05. The standard InChI is InChI=1S/C19H19N5O6S3/c1-2-30-18(29)13(23-5-3-4-6-23)14(25)21-11-15(26)24-12(17(27)28)10(7-31-16(11)24)8-32-19-22-20-9-33-19/h3-6,9,11,13,16H,2,7-8H2,1H3,(H,21,25)(H,27,28). The van der Waals surface area contributed by atoms with Gasteiger partial charge in [-0.3, -0.25) is 14.5 Å². The normalized spacial score (nSPS) is 20.6. The molecule has 0 bridgehead atoms. The summed E-state index contributed by atoms with van der Waals surface area (Å²) in [6, 6.07) is 1.10. The van der Waals surface area contributed by atoms with Crippen molar-refractivity contribution in [1.29, 1.82) is 0 Å². The van der Waals surface area contributed by atoms with Crippen molar-refractivity contribution >= 4 is 58.6 Å². The number of carboxylic acids is 1. The number of aromatic nitrogens is 3. The molecule has 3 unspecified atom stereocenters. The Balaban J connectivity index is 1.49. The maximum Gasteiger partial charge on any atom is 0.352 e. The van der Waals surface area contributed by atoms with Crippen molar-refractivity contribution in [1.82, 2.24) is 25.0 Å². The number of β-lactam (4-membered cyclic amide) rings is 1. The Morgan fingerprint density at radius 3 is 2.76 bits per heavy atom. The van der Waals surface area contributed by atoms with Crippen molar-refractivity contribution in [3.05, 3.63) is 41.3 Å². The molecule has 14 heteroatoms. The van der Waals surface area contributed by atoms with Gasteiger partial charge in [0, 0.05) is 23.9 Å². The Bertz CT molecular complexity index is 1090. The van der Waals surface area contributed by atoms with Gasteiger partial charge >= 0.3 is 11.9 Å². The Morgan fingerprint density at radius 1 is 1.36 bits per heavy atom. The van der Waals surface area contributed by atoms with Crippen molar-refractivity contribution in [2.45, 2.75) is 28.7 Å². The highest BCUT2D eigenvalue weighted by atomic mass is 32.2. The van der Waals surface area contributed by atoms with Crippen LogP contribution < -0.4 is 5.32 Å². The van der Waals surface area contributed by atoms with Gasteiger partial charge in [-0.05, 0) is 24.6 Å². The van der Waals surface area contributed by atoms with Gasteiger partial charge in [0.2, 0.25) is 6.04 Å². The maximum atomic E-state index is 12.9. The summed E-state index contributed by atoms with van der Waals surface area (Å²) in [6.45, 7) is 1.73. The van der Waals surface area contributed by atoms with Gasteiger partial charge in [0.15, 0.2) is 4.34 Å². The average molecular weight is 510 g/mol. The molecule has 0 aromatic carbocycles. The minimum atomic E-state index is -1.29. The molecule has 174 valence electrons. The van der Waals surface area contributed by atoms with E-state index in [2.05, 4.69) is 15.5 Å². The van der Waals surface area contributed by atoms with E-state index in [1.807, 2.05) is 0 Å². The quantitative estimate of drug-likeness (QED) is 0.217. The minimum Gasteiger partial charge on any atom is -0.477 e. The van der Waals surface area contributed by atoms with Crippen LogP contribution in [0, 0.1) is 0 Å². The highest BCUT2D eigenvalue weighted by Crippen LogP contribution is 2.41. The third-order valence-electron chi connectivity index (χ3n) is 4.94. The lowest BCUT2D eigenvalue weighted by Gasteiger charge is -2.49. The fourth-order valence-electron chi connectivity index (χ4n) is 3.51. The fourth-order valence-corrected chi connectivity index (χ4v) is 6.48. The predicted molar refractivity (Wildman–Crippen MR) is 120 cm³/mol. The number of esters is 1. The summed E-state index contributed by atoms with van der Waals surface area (Å²) in [5.41, 5.74) is 2.11. The molecule has 33 heavy (non-hydrogen) atoms. The molecule has 2 amide bonds. The van der Waals surface area contributed by atoms with Crippen LogP contribution in [-0.2, 0) is 23.9 Å². The number of carbonyl (C=O) groups is 4. The van der Waals surface area contributed by atoms with E-state index in [0.717, 1.165) is 0 Å². The number of thioether (sulfide) groups is 2. The molecule has 2 aromatic rings. The second-order valence-electron chi connectivity index (χ2n) is 6.93. The molecule has 1 saturated heterocycles. The van der Waals surface area contributed by atoms with Gasteiger partial charge in [0.25, 0.3) is 11.8 Å². The molecular formula is C19H19N5O6S3. The highest BCUT2D eigenvalue weighted by Gasteiger charge is 2.54. The first-order valence-electron chi connectivity index (χ1n) is 9.80. The average Bonchev–Trinajstić information content (AvgIpc) is 3.50. The molecule has 2 aliphatic rings. The Hall–Kier alpha value is -2.84. The summed E-state index contributed by atoms with van der Waals surface area (Å²) >= 11 is 4.06. The van der Waals surface area contributed by atoms with E-state index in [0.29, 0.717) is 21.4 Å². The monoisotopic (exact) mass is 509 g/mol. The van der Waals surface area contributed by atoms with Crippen LogP contribution >= 0.6 is 34.9 Å². The molecule has 2 aromatic heterocycles. The van der Waals surface area contributed by atoms with Crippen molar-refractivity contribution in [2.75, 3.05) is 18.1 Å². The second-order valence-corrected chi connectivity index (χ2v) is 10.1. The van der Waals surface area contributed by atoms with Crippen LogP contribution in [0.1, 0.15) is 13.0 Å². The van der Waals surface area contributed by atoms with E-state index in [1.165, 1.54) is 44.3 Å². The molecule has 0 saturated carbocycles. The smallest absolute Gasteiger partial charge is 0.352 e. The number of amides is 2. The number of hydrogen-bond acceptors (Lipinski definition) is 10. The number of fused-ring (bicyclic) bond motifs is 1. The summed E-state index contributed by atoms with van der Waals surface area (Å²) in [7, 11) is 0. The van der Waals surface area contributed by atoms with Gasteiger partial charge in [-0.25, -0.2) is 9.59 Å². The van der Waals surface area contributed by atoms with E-state index in [4.69, 9.17) is 4.74 Å². The zero-order valence-electron chi connectivity index (χ0n) is 17.2. The summed E-state index contributed by atoms with van der Waals surface area (Å²) in [4.78, 5) is 51.4. The van der Waals surface area contributed by atoms with Crippen LogP contribution in [0.3, 0.4) is 0 Å². The third-order valence-corrected chi connectivity index (χ3v) is 8.23. The van der Waals surface area contributed by atoms with E-state index >= 15 is 0 Å². The maximum absolute atomic E-state index is 12.9. The molecule has 0 aliphatic carbocycles. The van der Waals surface area contributed by atoms with Gasteiger partial charge in [-0.2, -0.15) is 0 Å². The lowest BCUT2D eigenvalue weighted by molar-refractivity contribution is -0.155. The van der Waals surface area contributed by atoms with Crippen LogP contribution in [0.5, 0.6) is 0 Å². The molecule has 3 atom stereocenters. The molecule has 4 rings (SSSR count). The van der Waals surface area contributed by atoms with Crippen molar-refractivity contribution < 1.29 is 29.0 Å². The van der Waals surface area contributed by atoms with Crippen LogP contribution in [-0.4, -0.2) is 78.1 Å². The summed E-state index contributed by atoms with van der Waals surface area (Å²) < 4.78 is 7.12. The molecule has 2 aliphatic heterocycles. The van der Waals surface area contributed by atoms with E-state index < -0.39 is 41.2 Å². The lowest BCUT2D eigenvalue weighted by atomic mass is 10.0. The predicted octanol–water partition coefficient (Wildman–Crippen LogP) is 0.975. The molecule has 1 fully saturated rings. The first-order chi connectivity index (χ1) is 15.9. The van der Waals surface area contributed by atoms with Crippen molar-refractivity contribution in [3.63, 3.8) is 0 Å². The topological polar surface area (TPSA) is 144 Å². The van der Waals surface area contributed by atoms with Gasteiger partial charge in [-0.15, -0.1) is 22.0 Å².